The highest BCUT2D eigenvalue weighted by atomic mass is 16.1. The van der Waals surface area contributed by atoms with E-state index >= 15 is 0 Å². The summed E-state index contributed by atoms with van der Waals surface area (Å²) in [5.74, 6) is -0.120. The van der Waals surface area contributed by atoms with Gasteiger partial charge in [-0.05, 0) is 44.5 Å². The summed E-state index contributed by atoms with van der Waals surface area (Å²) < 4.78 is 0. The number of amides is 1. The van der Waals surface area contributed by atoms with Crippen LogP contribution in [0.25, 0.3) is 0 Å². The molecule has 0 radical (unpaired) electrons. The van der Waals surface area contributed by atoms with Crippen LogP contribution in [0.15, 0.2) is 48.5 Å². The monoisotopic (exact) mass is 297 g/mol. The first-order chi connectivity index (χ1) is 10.5. The molecule has 2 rings (SSSR count). The van der Waals surface area contributed by atoms with E-state index in [4.69, 9.17) is 5.73 Å². The van der Waals surface area contributed by atoms with Gasteiger partial charge in [0.15, 0.2) is 0 Å². The number of rotatable bonds is 5. The smallest absolute Gasteiger partial charge is 0.253 e. The minimum absolute atomic E-state index is 0.0772. The van der Waals surface area contributed by atoms with Crippen LogP contribution in [0.5, 0.6) is 0 Å². The van der Waals surface area contributed by atoms with Gasteiger partial charge >= 0.3 is 0 Å². The van der Waals surface area contributed by atoms with Gasteiger partial charge in [0.1, 0.15) is 0 Å². The maximum absolute atomic E-state index is 12.3. The molecule has 22 heavy (non-hydrogen) atoms. The summed E-state index contributed by atoms with van der Waals surface area (Å²) in [4.78, 5) is 12.3. The standard InChI is InChI=1S/C18H23N3O/c1-12(2)20-18(22)16-11-15(19)9-10-17(16)21-13(3)14-7-5-4-6-8-14/h4-13,21H,19H2,1-3H3,(H,20,22)/t13-/m1/s1. The third-order valence-electron chi connectivity index (χ3n) is 3.38. The van der Waals surface area contributed by atoms with Gasteiger partial charge in [0.2, 0.25) is 0 Å². The van der Waals surface area contributed by atoms with Crippen LogP contribution < -0.4 is 16.4 Å². The SMILES string of the molecule is CC(C)NC(=O)c1cc(N)ccc1N[C@H](C)c1ccccc1. The zero-order valence-corrected chi connectivity index (χ0v) is 13.3. The van der Waals surface area contributed by atoms with E-state index < -0.39 is 0 Å². The number of hydrogen-bond donors (Lipinski definition) is 3. The van der Waals surface area contributed by atoms with Crippen LogP contribution >= 0.6 is 0 Å². The van der Waals surface area contributed by atoms with Gasteiger partial charge < -0.3 is 16.4 Å². The second-order valence-electron chi connectivity index (χ2n) is 5.71. The molecule has 0 aliphatic carbocycles. The fraction of sp³-hybridized carbons (Fsp3) is 0.278. The average Bonchev–Trinajstić information content (AvgIpc) is 2.49. The predicted molar refractivity (Wildman–Crippen MR) is 91.9 cm³/mol. The highest BCUT2D eigenvalue weighted by Crippen LogP contribution is 2.24. The van der Waals surface area contributed by atoms with Gasteiger partial charge in [-0.15, -0.1) is 0 Å². The molecule has 4 nitrogen and oxygen atoms in total. The van der Waals surface area contributed by atoms with E-state index in [1.54, 1.807) is 12.1 Å². The molecule has 0 spiro atoms. The summed E-state index contributed by atoms with van der Waals surface area (Å²) in [5, 5.41) is 6.30. The molecule has 0 heterocycles. The van der Waals surface area contributed by atoms with E-state index in [0.717, 1.165) is 11.3 Å². The van der Waals surface area contributed by atoms with Crippen LogP contribution in [0.4, 0.5) is 11.4 Å². The third kappa shape index (κ3) is 4.01. The highest BCUT2D eigenvalue weighted by molar-refractivity contribution is 6.00. The Morgan fingerprint density at radius 2 is 1.73 bits per heavy atom. The molecular weight excluding hydrogens is 274 g/mol. The minimum atomic E-state index is -0.120. The van der Waals surface area contributed by atoms with Crippen molar-refractivity contribution in [3.63, 3.8) is 0 Å². The summed E-state index contributed by atoms with van der Waals surface area (Å²) in [7, 11) is 0. The molecular formula is C18H23N3O. The Bertz CT molecular complexity index is 638. The molecule has 0 unspecified atom stereocenters. The molecule has 0 saturated heterocycles. The van der Waals surface area contributed by atoms with Crippen molar-refractivity contribution < 1.29 is 4.79 Å². The molecule has 0 aliphatic heterocycles. The lowest BCUT2D eigenvalue weighted by atomic mass is 10.1. The van der Waals surface area contributed by atoms with Gasteiger partial charge in [-0.1, -0.05) is 30.3 Å². The van der Waals surface area contributed by atoms with E-state index in [-0.39, 0.29) is 18.0 Å². The van der Waals surface area contributed by atoms with Crippen molar-refractivity contribution in [3.05, 3.63) is 59.7 Å². The van der Waals surface area contributed by atoms with Crippen molar-refractivity contribution in [2.45, 2.75) is 32.9 Å². The zero-order chi connectivity index (χ0) is 16.1. The summed E-state index contributed by atoms with van der Waals surface area (Å²) in [6, 6.07) is 15.6. The predicted octanol–water partition coefficient (Wildman–Crippen LogP) is 3.58. The molecule has 4 N–H and O–H groups in total. The van der Waals surface area contributed by atoms with Gasteiger partial charge in [0, 0.05) is 23.5 Å². The summed E-state index contributed by atoms with van der Waals surface area (Å²) in [5.41, 5.74) is 8.92. The van der Waals surface area contributed by atoms with Gasteiger partial charge in [-0.25, -0.2) is 0 Å². The number of hydrogen-bond acceptors (Lipinski definition) is 3. The van der Waals surface area contributed by atoms with Crippen LogP contribution in [0.3, 0.4) is 0 Å². The van der Waals surface area contributed by atoms with Crippen LogP contribution in [0, 0.1) is 0 Å². The minimum Gasteiger partial charge on any atom is -0.399 e. The quantitative estimate of drug-likeness (QED) is 0.739. The van der Waals surface area contributed by atoms with Crippen molar-refractivity contribution in [2.75, 3.05) is 11.1 Å². The maximum atomic E-state index is 12.3. The van der Waals surface area contributed by atoms with E-state index in [2.05, 4.69) is 29.7 Å². The van der Waals surface area contributed by atoms with E-state index in [1.165, 1.54) is 0 Å². The van der Waals surface area contributed by atoms with Gasteiger partial charge in [-0.2, -0.15) is 0 Å². The summed E-state index contributed by atoms with van der Waals surface area (Å²) >= 11 is 0. The van der Waals surface area contributed by atoms with Crippen LogP contribution in [-0.4, -0.2) is 11.9 Å². The fourth-order valence-corrected chi connectivity index (χ4v) is 2.27. The number of nitrogens with one attached hydrogen (secondary N) is 2. The molecule has 4 heteroatoms. The summed E-state index contributed by atoms with van der Waals surface area (Å²) in [6.45, 7) is 5.93. The molecule has 2 aromatic rings. The molecule has 0 saturated carbocycles. The topological polar surface area (TPSA) is 67.2 Å². The van der Waals surface area contributed by atoms with Crippen molar-refractivity contribution >= 4 is 17.3 Å². The first-order valence-corrected chi connectivity index (χ1v) is 7.49. The van der Waals surface area contributed by atoms with Gasteiger partial charge in [0.25, 0.3) is 5.91 Å². The average molecular weight is 297 g/mol. The molecule has 116 valence electrons. The Labute approximate surface area is 131 Å². The zero-order valence-electron chi connectivity index (χ0n) is 13.3. The molecule has 1 atom stereocenters. The van der Waals surface area contributed by atoms with Gasteiger partial charge in [-0.3, -0.25) is 4.79 Å². The number of carbonyl (C=O) groups is 1. The summed E-state index contributed by atoms with van der Waals surface area (Å²) in [6.07, 6.45) is 0. The highest BCUT2D eigenvalue weighted by Gasteiger charge is 2.15. The number of nitrogens with two attached hydrogens (primary N) is 1. The lowest BCUT2D eigenvalue weighted by Crippen LogP contribution is -2.30. The van der Waals surface area contributed by atoms with Crippen LogP contribution in [0.1, 0.15) is 42.7 Å². The number of anilines is 2. The lowest BCUT2D eigenvalue weighted by molar-refractivity contribution is 0.0944. The maximum Gasteiger partial charge on any atom is 0.253 e. The second-order valence-corrected chi connectivity index (χ2v) is 5.71. The molecule has 2 aromatic carbocycles. The Balaban J connectivity index is 2.25. The Morgan fingerprint density at radius 3 is 2.36 bits per heavy atom. The molecule has 1 amide bonds. The Hall–Kier alpha value is -2.49. The third-order valence-corrected chi connectivity index (χ3v) is 3.38. The van der Waals surface area contributed by atoms with Crippen LogP contribution in [0.2, 0.25) is 0 Å². The fourth-order valence-electron chi connectivity index (χ4n) is 2.27. The molecule has 0 fully saturated rings. The lowest BCUT2D eigenvalue weighted by Gasteiger charge is -2.19. The largest absolute Gasteiger partial charge is 0.399 e. The van der Waals surface area contributed by atoms with Gasteiger partial charge in [0.05, 0.1) is 5.56 Å². The number of benzene rings is 2. The van der Waals surface area contributed by atoms with Crippen LogP contribution in [-0.2, 0) is 0 Å². The number of nitrogen functional groups attached to an aromatic ring is 1. The van der Waals surface area contributed by atoms with E-state index in [9.17, 15) is 4.79 Å². The second kappa shape index (κ2) is 6.98. The number of carbonyl (C=O) groups excluding carboxylic acids is 1. The van der Waals surface area contributed by atoms with Crippen molar-refractivity contribution in [2.24, 2.45) is 0 Å². The molecule has 0 aliphatic rings. The van der Waals surface area contributed by atoms with Crippen molar-refractivity contribution in [1.82, 2.24) is 5.32 Å². The molecule has 0 bridgehead atoms. The first-order valence-electron chi connectivity index (χ1n) is 7.49. The van der Waals surface area contributed by atoms with E-state index in [0.29, 0.717) is 11.3 Å². The van der Waals surface area contributed by atoms with E-state index in [1.807, 2.05) is 38.1 Å². The first kappa shape index (κ1) is 15.9. The Morgan fingerprint density at radius 1 is 1.05 bits per heavy atom. The Kier molecular flexibility index (Phi) is 5.04. The van der Waals surface area contributed by atoms with Crippen molar-refractivity contribution in [1.29, 1.82) is 0 Å². The molecule has 0 aromatic heterocycles. The normalized spacial score (nSPS) is 12.0. The van der Waals surface area contributed by atoms with Crippen molar-refractivity contribution in [3.8, 4) is 0 Å².